The molecule has 0 saturated carbocycles. The highest BCUT2D eigenvalue weighted by Gasteiger charge is 2.36. The second-order valence-corrected chi connectivity index (χ2v) is 9.75. The number of anilines is 1. The molecule has 3 heterocycles. The Labute approximate surface area is 198 Å². The first-order chi connectivity index (χ1) is 16.1. The monoisotopic (exact) mass is 465 g/mol. The molecule has 2 aromatic rings. The SMILES string of the molecule is Cc1cc(N2CCCC2)c(F)cc1/C=C1\SC(=Nc2ccccc2)N(C[C@H]2CCCO2)C1=O. The van der Waals surface area contributed by atoms with Gasteiger partial charge in [-0.2, -0.15) is 0 Å². The summed E-state index contributed by atoms with van der Waals surface area (Å²) in [6.45, 7) is 4.97. The van der Waals surface area contributed by atoms with E-state index in [1.165, 1.54) is 11.8 Å². The van der Waals surface area contributed by atoms with Gasteiger partial charge in [0.1, 0.15) is 5.82 Å². The van der Waals surface area contributed by atoms with Gasteiger partial charge in [-0.3, -0.25) is 9.69 Å². The van der Waals surface area contributed by atoms with Gasteiger partial charge >= 0.3 is 0 Å². The Balaban J connectivity index is 1.45. The van der Waals surface area contributed by atoms with Gasteiger partial charge in [-0.1, -0.05) is 18.2 Å². The Morgan fingerprint density at radius 3 is 2.70 bits per heavy atom. The van der Waals surface area contributed by atoms with Crippen molar-refractivity contribution < 1.29 is 13.9 Å². The van der Waals surface area contributed by atoms with Gasteiger partial charge in [0.05, 0.1) is 28.9 Å². The predicted octanol–water partition coefficient (Wildman–Crippen LogP) is 5.52. The Hall–Kier alpha value is -2.64. The van der Waals surface area contributed by atoms with E-state index < -0.39 is 0 Å². The van der Waals surface area contributed by atoms with Crippen molar-refractivity contribution >= 4 is 40.3 Å². The van der Waals surface area contributed by atoms with Gasteiger partial charge in [0.25, 0.3) is 5.91 Å². The zero-order chi connectivity index (χ0) is 22.8. The Kier molecular flexibility index (Phi) is 6.51. The summed E-state index contributed by atoms with van der Waals surface area (Å²) in [5, 5.41) is 0.639. The number of carbonyl (C=O) groups is 1. The van der Waals surface area contributed by atoms with Crippen molar-refractivity contribution in [3.8, 4) is 0 Å². The maximum Gasteiger partial charge on any atom is 0.266 e. The molecule has 33 heavy (non-hydrogen) atoms. The fourth-order valence-electron chi connectivity index (χ4n) is 4.54. The molecule has 3 saturated heterocycles. The number of hydrogen-bond acceptors (Lipinski definition) is 5. The maximum absolute atomic E-state index is 15.0. The van der Waals surface area contributed by atoms with E-state index in [9.17, 15) is 9.18 Å². The lowest BCUT2D eigenvalue weighted by Gasteiger charge is -2.20. The Bertz CT molecular complexity index is 1090. The van der Waals surface area contributed by atoms with Crippen molar-refractivity contribution in [1.29, 1.82) is 0 Å². The van der Waals surface area contributed by atoms with E-state index in [2.05, 4.69) is 4.90 Å². The van der Waals surface area contributed by atoms with Crippen LogP contribution in [0, 0.1) is 12.7 Å². The maximum atomic E-state index is 15.0. The van der Waals surface area contributed by atoms with Crippen LogP contribution >= 0.6 is 11.8 Å². The minimum atomic E-state index is -0.237. The largest absolute Gasteiger partial charge is 0.376 e. The van der Waals surface area contributed by atoms with Crippen LogP contribution in [0.5, 0.6) is 0 Å². The molecule has 5 rings (SSSR count). The summed E-state index contributed by atoms with van der Waals surface area (Å²) in [6.07, 6.45) is 5.96. The first-order valence-corrected chi connectivity index (χ1v) is 12.4. The number of amides is 1. The van der Waals surface area contributed by atoms with E-state index in [1.807, 2.05) is 43.3 Å². The molecule has 0 unspecified atom stereocenters. The number of carbonyl (C=O) groups excluding carboxylic acids is 1. The number of hydrogen-bond donors (Lipinski definition) is 0. The second kappa shape index (κ2) is 9.69. The zero-order valence-electron chi connectivity index (χ0n) is 18.8. The molecule has 0 bridgehead atoms. The molecule has 0 aliphatic carbocycles. The van der Waals surface area contributed by atoms with Gasteiger partial charge in [-0.25, -0.2) is 9.38 Å². The lowest BCUT2D eigenvalue weighted by Crippen LogP contribution is -2.36. The van der Waals surface area contributed by atoms with Crippen LogP contribution in [-0.4, -0.2) is 48.3 Å². The van der Waals surface area contributed by atoms with Crippen molar-refractivity contribution in [3.63, 3.8) is 0 Å². The van der Waals surface area contributed by atoms with Crippen LogP contribution in [0.1, 0.15) is 36.8 Å². The number of aliphatic imine (C=N–C) groups is 1. The number of halogens is 1. The summed E-state index contributed by atoms with van der Waals surface area (Å²) >= 11 is 1.34. The summed E-state index contributed by atoms with van der Waals surface area (Å²) < 4.78 is 20.7. The fourth-order valence-corrected chi connectivity index (χ4v) is 5.53. The van der Waals surface area contributed by atoms with Crippen LogP contribution in [0.2, 0.25) is 0 Å². The van der Waals surface area contributed by atoms with Gasteiger partial charge in [-0.05, 0) is 85.8 Å². The van der Waals surface area contributed by atoms with E-state index in [0.717, 1.165) is 62.2 Å². The molecule has 0 spiro atoms. The van der Waals surface area contributed by atoms with E-state index >= 15 is 0 Å². The molecule has 172 valence electrons. The predicted molar refractivity (Wildman–Crippen MR) is 132 cm³/mol. The highest BCUT2D eigenvalue weighted by molar-refractivity contribution is 8.18. The van der Waals surface area contributed by atoms with E-state index in [1.54, 1.807) is 17.0 Å². The van der Waals surface area contributed by atoms with Crippen molar-refractivity contribution in [3.05, 3.63) is 64.3 Å². The van der Waals surface area contributed by atoms with Crippen LogP contribution in [0.15, 0.2) is 52.4 Å². The minimum Gasteiger partial charge on any atom is -0.376 e. The van der Waals surface area contributed by atoms with Gasteiger partial charge in [0.15, 0.2) is 5.17 Å². The number of ether oxygens (including phenoxy) is 1. The number of aryl methyl sites for hydroxylation is 1. The normalized spacial score (nSPS) is 23.5. The van der Waals surface area contributed by atoms with E-state index in [0.29, 0.717) is 22.3 Å². The quantitative estimate of drug-likeness (QED) is 0.546. The first-order valence-electron chi connectivity index (χ1n) is 11.6. The number of thioether (sulfide) groups is 1. The van der Waals surface area contributed by atoms with Gasteiger partial charge in [0, 0.05) is 19.7 Å². The topological polar surface area (TPSA) is 45.1 Å². The van der Waals surface area contributed by atoms with E-state index in [-0.39, 0.29) is 17.8 Å². The van der Waals surface area contributed by atoms with Crippen LogP contribution in [0.25, 0.3) is 6.08 Å². The summed E-state index contributed by atoms with van der Waals surface area (Å²) in [5.41, 5.74) is 3.13. The molecule has 2 aromatic carbocycles. The number of para-hydroxylation sites is 1. The third kappa shape index (κ3) is 4.84. The fraction of sp³-hybridized carbons (Fsp3) is 0.385. The van der Waals surface area contributed by atoms with Gasteiger partial charge < -0.3 is 9.64 Å². The van der Waals surface area contributed by atoms with Gasteiger partial charge in [-0.15, -0.1) is 0 Å². The molecule has 0 N–H and O–H groups in total. The highest BCUT2D eigenvalue weighted by atomic mass is 32.2. The molecule has 7 heteroatoms. The van der Waals surface area contributed by atoms with Crippen LogP contribution in [0.4, 0.5) is 15.8 Å². The van der Waals surface area contributed by atoms with Crippen molar-refractivity contribution in [2.75, 3.05) is 31.1 Å². The average molecular weight is 466 g/mol. The van der Waals surface area contributed by atoms with Crippen molar-refractivity contribution in [2.24, 2.45) is 4.99 Å². The molecule has 3 aliphatic heterocycles. The number of nitrogens with zero attached hydrogens (tertiary/aromatic N) is 3. The summed E-state index contributed by atoms with van der Waals surface area (Å²) in [7, 11) is 0. The molecule has 3 fully saturated rings. The minimum absolute atomic E-state index is 0.0220. The number of benzene rings is 2. The van der Waals surface area contributed by atoms with Gasteiger partial charge in [0.2, 0.25) is 0 Å². The van der Waals surface area contributed by atoms with Crippen LogP contribution < -0.4 is 4.90 Å². The lowest BCUT2D eigenvalue weighted by molar-refractivity contribution is -0.123. The standard InChI is InChI=1S/C26H28FN3O2S/c1-18-14-23(29-11-5-6-12-29)22(27)15-19(18)16-24-25(31)30(17-21-10-7-13-32-21)26(33-24)28-20-8-3-2-4-9-20/h2-4,8-9,14-16,21H,5-7,10-13,17H2,1H3/b24-16-,28-26?/t21-/m1/s1. The Morgan fingerprint density at radius 1 is 1.18 bits per heavy atom. The first kappa shape index (κ1) is 22.2. The average Bonchev–Trinajstić information content (AvgIpc) is 3.57. The second-order valence-electron chi connectivity index (χ2n) is 8.75. The molecule has 3 aliphatic rings. The highest BCUT2D eigenvalue weighted by Crippen LogP contribution is 2.36. The lowest BCUT2D eigenvalue weighted by atomic mass is 10.1. The smallest absolute Gasteiger partial charge is 0.266 e. The molecule has 0 aromatic heterocycles. The molecule has 1 atom stereocenters. The van der Waals surface area contributed by atoms with Crippen molar-refractivity contribution in [2.45, 2.75) is 38.7 Å². The summed E-state index contributed by atoms with van der Waals surface area (Å²) in [6, 6.07) is 13.1. The third-order valence-electron chi connectivity index (χ3n) is 6.35. The number of amidine groups is 1. The summed E-state index contributed by atoms with van der Waals surface area (Å²) in [5.74, 6) is -0.340. The summed E-state index contributed by atoms with van der Waals surface area (Å²) in [4.78, 5) is 22.5. The van der Waals surface area contributed by atoms with Crippen LogP contribution in [-0.2, 0) is 9.53 Å². The Morgan fingerprint density at radius 2 is 1.97 bits per heavy atom. The van der Waals surface area contributed by atoms with E-state index in [4.69, 9.17) is 9.73 Å². The zero-order valence-corrected chi connectivity index (χ0v) is 19.6. The molecule has 0 radical (unpaired) electrons. The van der Waals surface area contributed by atoms with Crippen LogP contribution in [0.3, 0.4) is 0 Å². The molecule has 1 amide bonds. The molecular formula is C26H28FN3O2S. The molecule has 5 nitrogen and oxygen atoms in total. The third-order valence-corrected chi connectivity index (χ3v) is 7.35. The number of rotatable bonds is 5. The van der Waals surface area contributed by atoms with Crippen molar-refractivity contribution in [1.82, 2.24) is 4.90 Å². The molecular weight excluding hydrogens is 437 g/mol.